The molecule has 0 bridgehead atoms. The zero-order chi connectivity index (χ0) is 16.6. The highest BCUT2D eigenvalue weighted by molar-refractivity contribution is 7.89. The van der Waals surface area contributed by atoms with Gasteiger partial charge in [0.1, 0.15) is 0 Å². The summed E-state index contributed by atoms with van der Waals surface area (Å²) in [5.74, 6) is -0.213. The molecule has 8 heteroatoms. The van der Waals surface area contributed by atoms with Crippen molar-refractivity contribution in [1.82, 2.24) is 4.72 Å². The van der Waals surface area contributed by atoms with Gasteiger partial charge in [-0.3, -0.25) is 4.79 Å². The van der Waals surface area contributed by atoms with Crippen molar-refractivity contribution in [3.05, 3.63) is 17.7 Å². The molecular formula is C15H19NO6S. The lowest BCUT2D eigenvalue weighted by Gasteiger charge is -2.26. The number of rotatable bonds is 4. The summed E-state index contributed by atoms with van der Waals surface area (Å²) < 4.78 is 38.4. The first-order valence-electron chi connectivity index (χ1n) is 7.52. The average molecular weight is 341 g/mol. The zero-order valence-corrected chi connectivity index (χ0v) is 13.6. The molecular weight excluding hydrogens is 322 g/mol. The van der Waals surface area contributed by atoms with Gasteiger partial charge in [0.2, 0.25) is 16.8 Å². The van der Waals surface area contributed by atoms with Crippen molar-refractivity contribution in [3.8, 4) is 11.5 Å². The van der Waals surface area contributed by atoms with Crippen molar-refractivity contribution in [3.63, 3.8) is 0 Å². The van der Waals surface area contributed by atoms with Crippen LogP contribution in [0, 0.1) is 12.8 Å². The van der Waals surface area contributed by atoms with Crippen LogP contribution in [0.4, 0.5) is 0 Å². The van der Waals surface area contributed by atoms with Crippen LogP contribution in [0.3, 0.4) is 0 Å². The number of carboxylic acid groups (broad SMARTS) is 1. The third-order valence-electron chi connectivity index (χ3n) is 4.36. The van der Waals surface area contributed by atoms with Crippen molar-refractivity contribution in [1.29, 1.82) is 0 Å². The molecule has 1 aromatic carbocycles. The van der Waals surface area contributed by atoms with Crippen molar-refractivity contribution in [2.45, 2.75) is 43.5 Å². The summed E-state index contributed by atoms with van der Waals surface area (Å²) in [5.41, 5.74) is 0.584. The molecule has 2 N–H and O–H groups in total. The second-order valence-electron chi connectivity index (χ2n) is 5.98. The molecule has 126 valence electrons. The van der Waals surface area contributed by atoms with Crippen LogP contribution in [0.25, 0.3) is 0 Å². The Balaban J connectivity index is 1.74. The van der Waals surface area contributed by atoms with E-state index in [0.717, 1.165) is 0 Å². The van der Waals surface area contributed by atoms with Crippen molar-refractivity contribution >= 4 is 16.0 Å². The number of aliphatic carboxylic acids is 1. The van der Waals surface area contributed by atoms with Crippen LogP contribution in [-0.4, -0.2) is 32.3 Å². The van der Waals surface area contributed by atoms with Crippen LogP contribution in [0.2, 0.25) is 0 Å². The Labute approximate surface area is 134 Å². The number of nitrogens with one attached hydrogen (secondary N) is 1. The lowest BCUT2D eigenvalue weighted by Crippen LogP contribution is -2.38. The van der Waals surface area contributed by atoms with Gasteiger partial charge in [0.25, 0.3) is 0 Å². The Morgan fingerprint density at radius 2 is 1.78 bits per heavy atom. The minimum absolute atomic E-state index is 0.0882. The van der Waals surface area contributed by atoms with E-state index in [1.165, 1.54) is 6.07 Å². The Kier molecular flexibility index (Phi) is 4.20. The van der Waals surface area contributed by atoms with Crippen LogP contribution in [-0.2, 0) is 14.8 Å². The maximum Gasteiger partial charge on any atom is 0.306 e. The smallest absolute Gasteiger partial charge is 0.306 e. The quantitative estimate of drug-likeness (QED) is 0.863. The van der Waals surface area contributed by atoms with Gasteiger partial charge >= 0.3 is 5.97 Å². The topological polar surface area (TPSA) is 102 Å². The van der Waals surface area contributed by atoms with Crippen molar-refractivity contribution in [2.75, 3.05) is 6.79 Å². The second-order valence-corrected chi connectivity index (χ2v) is 7.66. The lowest BCUT2D eigenvalue weighted by molar-refractivity contribution is -0.142. The highest BCUT2D eigenvalue weighted by Crippen LogP contribution is 2.36. The number of carbonyl (C=O) groups is 1. The van der Waals surface area contributed by atoms with Gasteiger partial charge in [-0.2, -0.15) is 0 Å². The van der Waals surface area contributed by atoms with E-state index in [2.05, 4.69) is 4.72 Å². The second kappa shape index (κ2) is 6.01. The maximum absolute atomic E-state index is 12.6. The molecule has 0 spiro atoms. The highest BCUT2D eigenvalue weighted by atomic mass is 32.2. The fourth-order valence-electron chi connectivity index (χ4n) is 3.06. The van der Waals surface area contributed by atoms with Crippen LogP contribution < -0.4 is 14.2 Å². The van der Waals surface area contributed by atoms with Gasteiger partial charge in [-0.1, -0.05) is 0 Å². The predicted octanol–water partition coefficient (Wildman–Crippen LogP) is 1.65. The molecule has 1 aliphatic heterocycles. The van der Waals surface area contributed by atoms with E-state index in [4.69, 9.17) is 14.6 Å². The Hall–Kier alpha value is -1.80. The first kappa shape index (κ1) is 16.1. The molecule has 1 saturated carbocycles. The number of aryl methyl sites for hydroxylation is 1. The van der Waals surface area contributed by atoms with Crippen LogP contribution in [0.15, 0.2) is 17.0 Å². The normalized spacial score (nSPS) is 23.7. The lowest BCUT2D eigenvalue weighted by atomic mass is 9.87. The molecule has 7 nitrogen and oxygen atoms in total. The maximum atomic E-state index is 12.6. The van der Waals surface area contributed by atoms with E-state index in [-0.39, 0.29) is 23.6 Å². The summed E-state index contributed by atoms with van der Waals surface area (Å²) in [4.78, 5) is 11.1. The van der Waals surface area contributed by atoms with E-state index < -0.39 is 16.0 Å². The molecule has 1 aromatic rings. The molecule has 23 heavy (non-hydrogen) atoms. The molecule has 1 heterocycles. The average Bonchev–Trinajstić information content (AvgIpc) is 2.93. The summed E-state index contributed by atoms with van der Waals surface area (Å²) in [6, 6.07) is 2.89. The van der Waals surface area contributed by atoms with Gasteiger partial charge in [0, 0.05) is 12.1 Å². The van der Waals surface area contributed by atoms with E-state index in [0.29, 0.717) is 42.7 Å². The molecule has 0 amide bonds. The van der Waals surface area contributed by atoms with Gasteiger partial charge < -0.3 is 14.6 Å². The van der Waals surface area contributed by atoms with Gasteiger partial charge in [-0.05, 0) is 44.2 Å². The first-order chi connectivity index (χ1) is 10.9. The third kappa shape index (κ3) is 3.28. The van der Waals surface area contributed by atoms with Crippen LogP contribution in [0.1, 0.15) is 31.2 Å². The molecule has 0 radical (unpaired) electrons. The Bertz CT molecular complexity index is 722. The van der Waals surface area contributed by atoms with Gasteiger partial charge in [-0.25, -0.2) is 13.1 Å². The minimum atomic E-state index is -3.68. The monoisotopic (exact) mass is 341 g/mol. The molecule has 3 rings (SSSR count). The van der Waals surface area contributed by atoms with Crippen molar-refractivity contribution in [2.24, 2.45) is 5.92 Å². The summed E-state index contributed by atoms with van der Waals surface area (Å²) in [6.45, 7) is 1.79. The molecule has 1 aliphatic carbocycles. The molecule has 0 aromatic heterocycles. The van der Waals surface area contributed by atoms with Gasteiger partial charge in [0.15, 0.2) is 11.5 Å². The van der Waals surface area contributed by atoms with Gasteiger partial charge in [0.05, 0.1) is 10.8 Å². The number of hydrogen-bond donors (Lipinski definition) is 2. The standard InChI is InChI=1S/C15H19NO6S/c1-9-6-12-13(22-8-21-12)7-14(9)23(19,20)16-11-4-2-10(3-5-11)15(17)18/h6-7,10-11,16H,2-5,8H2,1H3,(H,17,18). The molecule has 0 atom stereocenters. The fourth-order valence-corrected chi connectivity index (χ4v) is 4.60. The molecule has 2 aliphatic rings. The number of carboxylic acids is 1. The highest BCUT2D eigenvalue weighted by Gasteiger charge is 2.30. The number of fused-ring (bicyclic) bond motifs is 1. The number of benzene rings is 1. The van der Waals surface area contributed by atoms with Crippen molar-refractivity contribution < 1.29 is 27.8 Å². The van der Waals surface area contributed by atoms with Gasteiger partial charge in [-0.15, -0.1) is 0 Å². The van der Waals surface area contributed by atoms with Crippen LogP contribution in [0.5, 0.6) is 11.5 Å². The summed E-state index contributed by atoms with van der Waals surface area (Å²) in [6.07, 6.45) is 2.03. The fraction of sp³-hybridized carbons (Fsp3) is 0.533. The minimum Gasteiger partial charge on any atom is -0.481 e. The molecule has 0 unspecified atom stereocenters. The zero-order valence-electron chi connectivity index (χ0n) is 12.7. The number of hydrogen-bond acceptors (Lipinski definition) is 5. The number of ether oxygens (including phenoxy) is 2. The summed E-state index contributed by atoms with van der Waals surface area (Å²) >= 11 is 0. The number of sulfonamides is 1. The first-order valence-corrected chi connectivity index (χ1v) is 9.00. The van der Waals surface area contributed by atoms with Crippen LogP contribution >= 0.6 is 0 Å². The summed E-state index contributed by atoms with van der Waals surface area (Å²) in [5, 5.41) is 9.00. The Morgan fingerprint density at radius 1 is 1.17 bits per heavy atom. The Morgan fingerprint density at radius 3 is 2.39 bits per heavy atom. The van der Waals surface area contributed by atoms with E-state index in [1.807, 2.05) is 0 Å². The van der Waals surface area contributed by atoms with E-state index in [1.54, 1.807) is 13.0 Å². The largest absolute Gasteiger partial charge is 0.481 e. The summed E-state index contributed by atoms with van der Waals surface area (Å²) in [7, 11) is -3.68. The molecule has 0 saturated heterocycles. The third-order valence-corrected chi connectivity index (χ3v) is 6.02. The predicted molar refractivity (Wildman–Crippen MR) is 81.0 cm³/mol. The SMILES string of the molecule is Cc1cc2c(cc1S(=O)(=O)NC1CCC(C(=O)O)CC1)OCO2. The molecule has 1 fully saturated rings. The van der Waals surface area contributed by atoms with E-state index >= 15 is 0 Å². The van der Waals surface area contributed by atoms with E-state index in [9.17, 15) is 13.2 Å².